The van der Waals surface area contributed by atoms with Crippen LogP contribution in [0.4, 0.5) is 4.39 Å². The van der Waals surface area contributed by atoms with Crippen LogP contribution >= 0.6 is 23.2 Å². The second-order valence-electron chi connectivity index (χ2n) is 9.12. The molecule has 6 rings (SSSR count). The number of nitrogens with one attached hydrogen (secondary N) is 1. The van der Waals surface area contributed by atoms with Crippen molar-refractivity contribution in [1.29, 1.82) is 0 Å². The van der Waals surface area contributed by atoms with Crippen molar-refractivity contribution >= 4 is 34.8 Å². The number of amides is 1. The number of hydrogen-bond donors (Lipinski definition) is 1. The number of carbonyl (C=O) groups is 1. The van der Waals surface area contributed by atoms with Crippen LogP contribution in [0.15, 0.2) is 42.9 Å². The van der Waals surface area contributed by atoms with Crippen LogP contribution in [-0.4, -0.2) is 44.1 Å². The maximum atomic E-state index is 15.1. The third-order valence-electron chi connectivity index (χ3n) is 6.71. The zero-order chi connectivity index (χ0) is 23.6. The van der Waals surface area contributed by atoms with E-state index < -0.39 is 5.82 Å². The number of hydrogen-bond acceptors (Lipinski definition) is 4. The van der Waals surface area contributed by atoms with Gasteiger partial charge in [0, 0.05) is 41.4 Å². The number of carbonyl (C=O) groups excluding carboxylic acids is 1. The molecule has 1 aliphatic carbocycles. The minimum Gasteiger partial charge on any atom is -0.380 e. The molecule has 1 amide bonds. The molecule has 2 fully saturated rings. The largest absolute Gasteiger partial charge is 0.380 e. The van der Waals surface area contributed by atoms with E-state index in [2.05, 4.69) is 15.3 Å². The summed E-state index contributed by atoms with van der Waals surface area (Å²) in [6.07, 6.45) is 5.10. The Morgan fingerprint density at radius 3 is 2.68 bits per heavy atom. The zero-order valence-electron chi connectivity index (χ0n) is 18.2. The van der Waals surface area contributed by atoms with Crippen molar-refractivity contribution in [2.24, 2.45) is 12.5 Å². The van der Waals surface area contributed by atoms with Gasteiger partial charge in [-0.25, -0.2) is 14.4 Å². The summed E-state index contributed by atoms with van der Waals surface area (Å²) in [5.41, 5.74) is 2.53. The van der Waals surface area contributed by atoms with Crippen molar-refractivity contribution in [3.05, 3.63) is 64.5 Å². The van der Waals surface area contributed by atoms with E-state index in [4.69, 9.17) is 27.9 Å². The summed E-state index contributed by atoms with van der Waals surface area (Å²) < 4.78 is 23.7. The van der Waals surface area contributed by atoms with E-state index in [0.717, 1.165) is 26.1 Å². The number of nitrogens with zero attached hydrogens (tertiary/aromatic N) is 4. The topological polar surface area (TPSA) is 73.5 Å². The number of halogens is 3. The van der Waals surface area contributed by atoms with Crippen molar-refractivity contribution in [2.45, 2.75) is 18.9 Å². The van der Waals surface area contributed by atoms with Gasteiger partial charge < -0.3 is 14.6 Å². The molecule has 10 heteroatoms. The highest BCUT2D eigenvalue weighted by atomic mass is 35.5. The van der Waals surface area contributed by atoms with Crippen LogP contribution in [0.25, 0.3) is 28.2 Å². The van der Waals surface area contributed by atoms with E-state index in [1.54, 1.807) is 52.8 Å². The molecule has 0 radical (unpaired) electrons. The third-order valence-corrected chi connectivity index (χ3v) is 7.52. The summed E-state index contributed by atoms with van der Waals surface area (Å²) in [6, 6.07) is 8.14. The molecule has 2 aliphatic rings. The molecule has 7 nitrogen and oxygen atoms in total. The van der Waals surface area contributed by atoms with Gasteiger partial charge in [0.15, 0.2) is 0 Å². The fourth-order valence-corrected chi connectivity index (χ4v) is 5.33. The average molecular weight is 500 g/mol. The standard InChI is InChI=1S/C24H20Cl2FN5O2/c1-31-12-28-19(21(31)25)15-3-2-4-16(27)18(15)20-22(26)32-6-5-13(7-17(32)30-20)23(33)29-14-8-24(9-14)10-34-11-24/h2-7,12,14H,8-11H2,1H3,(H,29,33). The molecule has 34 heavy (non-hydrogen) atoms. The van der Waals surface area contributed by atoms with Gasteiger partial charge in [0.25, 0.3) is 5.91 Å². The van der Waals surface area contributed by atoms with E-state index >= 15 is 4.39 Å². The molecule has 174 valence electrons. The first-order valence-corrected chi connectivity index (χ1v) is 11.6. The van der Waals surface area contributed by atoms with Crippen LogP contribution in [-0.2, 0) is 11.8 Å². The first-order chi connectivity index (χ1) is 16.3. The minimum absolute atomic E-state index is 0.149. The molecule has 1 saturated heterocycles. The number of pyridine rings is 1. The van der Waals surface area contributed by atoms with Gasteiger partial charge >= 0.3 is 0 Å². The quantitative estimate of drug-likeness (QED) is 0.439. The number of fused-ring (bicyclic) bond motifs is 1. The molecule has 0 unspecified atom stereocenters. The Labute approximate surface area is 204 Å². The SMILES string of the molecule is Cn1cnc(-c2cccc(F)c2-c2nc3cc(C(=O)NC4CC5(COC5)C4)ccn3c2Cl)c1Cl. The van der Waals surface area contributed by atoms with Gasteiger partial charge in [0.05, 0.1) is 19.5 Å². The highest BCUT2D eigenvalue weighted by Crippen LogP contribution is 2.47. The second kappa shape index (κ2) is 7.80. The lowest BCUT2D eigenvalue weighted by Gasteiger charge is -2.53. The smallest absolute Gasteiger partial charge is 0.251 e. The molecule has 1 aliphatic heterocycles. The Balaban J connectivity index is 1.35. The summed E-state index contributed by atoms with van der Waals surface area (Å²) in [5, 5.41) is 3.67. The van der Waals surface area contributed by atoms with Gasteiger partial charge in [-0.15, -0.1) is 0 Å². The number of imidazole rings is 2. The number of aromatic nitrogens is 4. The van der Waals surface area contributed by atoms with Crippen molar-refractivity contribution in [3.8, 4) is 22.5 Å². The van der Waals surface area contributed by atoms with Crippen LogP contribution in [0, 0.1) is 11.2 Å². The molecule has 1 saturated carbocycles. The van der Waals surface area contributed by atoms with Crippen LogP contribution in [0.3, 0.4) is 0 Å². The van der Waals surface area contributed by atoms with E-state index in [1.807, 2.05) is 0 Å². The number of rotatable bonds is 4. The molecule has 4 aromatic rings. The monoisotopic (exact) mass is 499 g/mol. The fourth-order valence-electron chi connectivity index (χ4n) is 4.86. The van der Waals surface area contributed by atoms with Crippen molar-refractivity contribution in [1.82, 2.24) is 24.3 Å². The van der Waals surface area contributed by atoms with Crippen LogP contribution < -0.4 is 5.32 Å². The Bertz CT molecular complexity index is 1450. The molecular weight excluding hydrogens is 480 g/mol. The van der Waals surface area contributed by atoms with E-state index in [1.165, 1.54) is 6.07 Å². The minimum atomic E-state index is -0.499. The normalized spacial score (nSPS) is 17.1. The lowest BCUT2D eigenvalue weighted by atomic mass is 9.64. The van der Waals surface area contributed by atoms with Crippen molar-refractivity contribution in [2.75, 3.05) is 13.2 Å². The predicted octanol–water partition coefficient (Wildman–Crippen LogP) is 4.76. The molecule has 1 spiro atoms. The summed E-state index contributed by atoms with van der Waals surface area (Å²) in [7, 11) is 1.76. The van der Waals surface area contributed by atoms with E-state index in [0.29, 0.717) is 27.6 Å². The van der Waals surface area contributed by atoms with Gasteiger partial charge in [-0.05, 0) is 31.0 Å². The van der Waals surface area contributed by atoms with Crippen molar-refractivity contribution < 1.29 is 13.9 Å². The molecule has 1 N–H and O–H groups in total. The Morgan fingerprint density at radius 2 is 2.00 bits per heavy atom. The Morgan fingerprint density at radius 1 is 1.21 bits per heavy atom. The molecule has 0 bridgehead atoms. The molecule has 3 aromatic heterocycles. The third kappa shape index (κ3) is 3.32. The summed E-state index contributed by atoms with van der Waals surface area (Å²) >= 11 is 13.0. The van der Waals surface area contributed by atoms with E-state index in [9.17, 15) is 4.79 Å². The Kier molecular flexibility index (Phi) is 4.95. The number of benzene rings is 1. The lowest BCUT2D eigenvalue weighted by Crippen LogP contribution is -2.59. The van der Waals surface area contributed by atoms with Crippen molar-refractivity contribution in [3.63, 3.8) is 0 Å². The predicted molar refractivity (Wildman–Crippen MR) is 127 cm³/mol. The Hall–Kier alpha value is -2.94. The van der Waals surface area contributed by atoms with Gasteiger partial charge in [-0.1, -0.05) is 35.3 Å². The number of ether oxygens (including phenoxy) is 1. The maximum Gasteiger partial charge on any atom is 0.251 e. The van der Waals surface area contributed by atoms with Gasteiger partial charge in [0.2, 0.25) is 0 Å². The van der Waals surface area contributed by atoms with Crippen LogP contribution in [0.1, 0.15) is 23.2 Å². The first-order valence-electron chi connectivity index (χ1n) is 10.9. The highest BCUT2D eigenvalue weighted by Gasteiger charge is 2.50. The van der Waals surface area contributed by atoms with Crippen LogP contribution in [0.5, 0.6) is 0 Å². The summed E-state index contributed by atoms with van der Waals surface area (Å²) in [6.45, 7) is 1.56. The average Bonchev–Trinajstić information content (AvgIpc) is 3.27. The summed E-state index contributed by atoms with van der Waals surface area (Å²) in [4.78, 5) is 21.7. The van der Waals surface area contributed by atoms with Gasteiger partial charge in [0.1, 0.15) is 33.2 Å². The summed E-state index contributed by atoms with van der Waals surface area (Å²) in [5.74, 6) is -0.670. The molecule has 0 atom stereocenters. The molecular formula is C24H20Cl2FN5O2. The molecule has 1 aromatic carbocycles. The maximum absolute atomic E-state index is 15.1. The van der Waals surface area contributed by atoms with Gasteiger partial charge in [-0.2, -0.15) is 0 Å². The fraction of sp³-hybridized carbons (Fsp3) is 0.292. The lowest BCUT2D eigenvalue weighted by molar-refractivity contribution is -0.165. The highest BCUT2D eigenvalue weighted by molar-refractivity contribution is 6.33. The number of aryl methyl sites for hydroxylation is 1. The van der Waals surface area contributed by atoms with E-state index in [-0.39, 0.29) is 33.8 Å². The second-order valence-corrected chi connectivity index (χ2v) is 9.84. The van der Waals surface area contributed by atoms with Gasteiger partial charge in [-0.3, -0.25) is 9.20 Å². The van der Waals surface area contributed by atoms with Crippen LogP contribution in [0.2, 0.25) is 10.3 Å². The molecule has 4 heterocycles. The zero-order valence-corrected chi connectivity index (χ0v) is 19.7. The first kappa shape index (κ1) is 21.6.